The van der Waals surface area contributed by atoms with Gasteiger partial charge in [-0.15, -0.1) is 0 Å². The zero-order valence-electron chi connectivity index (χ0n) is 12.7. The van der Waals surface area contributed by atoms with Crippen molar-refractivity contribution in [2.24, 2.45) is 11.3 Å². The van der Waals surface area contributed by atoms with Crippen molar-refractivity contribution >= 4 is 11.6 Å². The number of rotatable bonds is 6. The average molecular weight is 296 g/mol. The van der Waals surface area contributed by atoms with E-state index in [4.69, 9.17) is 16.7 Å². The van der Waals surface area contributed by atoms with Crippen molar-refractivity contribution in [1.29, 1.82) is 0 Å². The largest absolute Gasteiger partial charge is 0.396 e. The molecular weight excluding hydrogens is 270 g/mol. The standard InChI is InChI=1S/C17H26ClNO/c1-12(11-20)5-4-8-19-16-15-9-14(18)7-6-13(15)10-17(16,2)3/h6-7,9,12,16,19-20H,4-5,8,10-11H2,1-3H3. The van der Waals surface area contributed by atoms with Gasteiger partial charge in [-0.3, -0.25) is 0 Å². The first-order chi connectivity index (χ1) is 9.44. The number of fused-ring (bicyclic) bond motifs is 1. The molecule has 0 saturated carbocycles. The third-order valence-corrected chi connectivity index (χ3v) is 4.62. The first kappa shape index (κ1) is 15.8. The van der Waals surface area contributed by atoms with Gasteiger partial charge < -0.3 is 10.4 Å². The van der Waals surface area contributed by atoms with Gasteiger partial charge in [0.2, 0.25) is 0 Å². The number of hydrogen-bond donors (Lipinski definition) is 2. The van der Waals surface area contributed by atoms with Crippen LogP contribution >= 0.6 is 11.6 Å². The van der Waals surface area contributed by atoms with Crippen LogP contribution in [-0.2, 0) is 6.42 Å². The molecule has 1 aliphatic carbocycles. The summed E-state index contributed by atoms with van der Waals surface area (Å²) in [6.07, 6.45) is 3.27. The molecular formula is C17H26ClNO. The fraction of sp³-hybridized carbons (Fsp3) is 0.647. The Balaban J connectivity index is 1.98. The summed E-state index contributed by atoms with van der Waals surface area (Å²) in [6, 6.07) is 6.64. The van der Waals surface area contributed by atoms with Crippen LogP contribution in [0.5, 0.6) is 0 Å². The van der Waals surface area contributed by atoms with Crippen molar-refractivity contribution < 1.29 is 5.11 Å². The molecule has 2 nitrogen and oxygen atoms in total. The van der Waals surface area contributed by atoms with Gasteiger partial charge in [0.1, 0.15) is 0 Å². The van der Waals surface area contributed by atoms with Crippen molar-refractivity contribution in [2.45, 2.75) is 46.1 Å². The van der Waals surface area contributed by atoms with Crippen molar-refractivity contribution in [3.8, 4) is 0 Å². The predicted molar refractivity (Wildman–Crippen MR) is 85.2 cm³/mol. The molecule has 2 unspecified atom stereocenters. The highest BCUT2D eigenvalue weighted by Crippen LogP contribution is 2.45. The fourth-order valence-electron chi connectivity index (χ4n) is 3.18. The molecule has 2 N–H and O–H groups in total. The minimum absolute atomic E-state index is 0.232. The molecule has 2 atom stereocenters. The van der Waals surface area contributed by atoms with Crippen molar-refractivity contribution in [2.75, 3.05) is 13.2 Å². The average Bonchev–Trinajstić information content (AvgIpc) is 2.64. The SMILES string of the molecule is CC(CO)CCCNC1c2cc(Cl)ccc2CC1(C)C. The van der Waals surface area contributed by atoms with Gasteiger partial charge in [0, 0.05) is 17.7 Å². The minimum Gasteiger partial charge on any atom is -0.396 e. The van der Waals surface area contributed by atoms with Crippen LogP contribution in [0.25, 0.3) is 0 Å². The van der Waals surface area contributed by atoms with Crippen LogP contribution in [-0.4, -0.2) is 18.3 Å². The highest BCUT2D eigenvalue weighted by atomic mass is 35.5. The van der Waals surface area contributed by atoms with Crippen LogP contribution < -0.4 is 5.32 Å². The maximum atomic E-state index is 9.05. The van der Waals surface area contributed by atoms with Gasteiger partial charge in [-0.2, -0.15) is 0 Å². The maximum absolute atomic E-state index is 9.05. The summed E-state index contributed by atoms with van der Waals surface area (Å²) in [5.41, 5.74) is 3.01. The van der Waals surface area contributed by atoms with Crippen LogP contribution in [0, 0.1) is 11.3 Å². The second kappa shape index (κ2) is 6.46. The Kier molecular flexibility index (Phi) is 5.11. The molecule has 20 heavy (non-hydrogen) atoms. The smallest absolute Gasteiger partial charge is 0.0456 e. The summed E-state index contributed by atoms with van der Waals surface area (Å²) in [5.74, 6) is 0.398. The number of aliphatic hydroxyl groups is 1. The number of nitrogens with one attached hydrogen (secondary N) is 1. The van der Waals surface area contributed by atoms with Gasteiger partial charge in [-0.05, 0) is 60.4 Å². The number of halogens is 1. The summed E-state index contributed by atoms with van der Waals surface area (Å²) in [6.45, 7) is 8.00. The summed E-state index contributed by atoms with van der Waals surface area (Å²) >= 11 is 6.15. The second-order valence-corrected chi connectivity index (χ2v) is 7.26. The molecule has 0 spiro atoms. The normalized spacial score (nSPS) is 21.8. The van der Waals surface area contributed by atoms with Crippen LogP contribution in [0.3, 0.4) is 0 Å². The number of hydrogen-bond acceptors (Lipinski definition) is 2. The first-order valence-corrected chi connectivity index (χ1v) is 7.94. The molecule has 2 rings (SSSR count). The molecule has 1 aromatic carbocycles. The Morgan fingerprint density at radius 1 is 1.45 bits per heavy atom. The molecule has 0 aromatic heterocycles. The van der Waals surface area contributed by atoms with Gasteiger partial charge in [0.05, 0.1) is 0 Å². The lowest BCUT2D eigenvalue weighted by Gasteiger charge is -2.29. The van der Waals surface area contributed by atoms with E-state index in [0.29, 0.717) is 12.0 Å². The Morgan fingerprint density at radius 2 is 2.20 bits per heavy atom. The lowest BCUT2D eigenvalue weighted by Crippen LogP contribution is -2.32. The molecule has 0 fully saturated rings. The Bertz CT molecular complexity index is 458. The fourth-order valence-corrected chi connectivity index (χ4v) is 3.36. The van der Waals surface area contributed by atoms with Crippen LogP contribution in [0.2, 0.25) is 5.02 Å². The molecule has 3 heteroatoms. The van der Waals surface area contributed by atoms with E-state index in [-0.39, 0.29) is 12.0 Å². The van der Waals surface area contributed by atoms with Crippen LogP contribution in [0.1, 0.15) is 50.8 Å². The highest BCUT2D eigenvalue weighted by Gasteiger charge is 2.38. The van der Waals surface area contributed by atoms with Gasteiger partial charge in [0.25, 0.3) is 0 Å². The molecule has 1 aromatic rings. The lowest BCUT2D eigenvalue weighted by molar-refractivity contribution is 0.223. The zero-order valence-corrected chi connectivity index (χ0v) is 13.5. The summed E-state index contributed by atoms with van der Waals surface area (Å²) in [5, 5.41) is 13.6. The van der Waals surface area contributed by atoms with Crippen molar-refractivity contribution in [3.63, 3.8) is 0 Å². The Hall–Kier alpha value is -0.570. The number of benzene rings is 1. The molecule has 112 valence electrons. The third-order valence-electron chi connectivity index (χ3n) is 4.38. The van der Waals surface area contributed by atoms with Crippen molar-refractivity contribution in [3.05, 3.63) is 34.3 Å². The molecule has 0 aliphatic heterocycles. The van der Waals surface area contributed by atoms with Crippen LogP contribution in [0.15, 0.2) is 18.2 Å². The Labute approximate surface area is 127 Å². The molecule has 0 saturated heterocycles. The second-order valence-electron chi connectivity index (χ2n) is 6.83. The van der Waals surface area contributed by atoms with Crippen molar-refractivity contribution in [1.82, 2.24) is 5.32 Å². The van der Waals surface area contributed by atoms with Gasteiger partial charge in [-0.1, -0.05) is 38.4 Å². The van der Waals surface area contributed by atoms with E-state index in [0.717, 1.165) is 30.8 Å². The molecule has 0 heterocycles. The minimum atomic E-state index is 0.232. The van der Waals surface area contributed by atoms with E-state index in [9.17, 15) is 0 Å². The lowest BCUT2D eigenvalue weighted by atomic mass is 9.85. The maximum Gasteiger partial charge on any atom is 0.0456 e. The first-order valence-electron chi connectivity index (χ1n) is 7.56. The zero-order chi connectivity index (χ0) is 14.8. The Morgan fingerprint density at radius 3 is 2.90 bits per heavy atom. The van der Waals surface area contributed by atoms with E-state index in [2.05, 4.69) is 38.2 Å². The summed E-state index contributed by atoms with van der Waals surface area (Å²) < 4.78 is 0. The van der Waals surface area contributed by atoms with Gasteiger partial charge >= 0.3 is 0 Å². The molecule has 0 amide bonds. The topological polar surface area (TPSA) is 32.3 Å². The molecule has 0 radical (unpaired) electrons. The van der Waals surface area contributed by atoms with E-state index in [1.807, 2.05) is 6.07 Å². The molecule has 0 bridgehead atoms. The summed E-state index contributed by atoms with van der Waals surface area (Å²) in [7, 11) is 0. The third kappa shape index (κ3) is 3.55. The van der Waals surface area contributed by atoms with E-state index in [1.165, 1.54) is 11.1 Å². The predicted octanol–water partition coefficient (Wildman–Crippen LogP) is 3.96. The number of aliphatic hydroxyl groups excluding tert-OH is 1. The quantitative estimate of drug-likeness (QED) is 0.779. The summed E-state index contributed by atoms with van der Waals surface area (Å²) in [4.78, 5) is 0. The van der Waals surface area contributed by atoms with E-state index in [1.54, 1.807) is 0 Å². The highest BCUT2D eigenvalue weighted by molar-refractivity contribution is 6.30. The molecule has 1 aliphatic rings. The van der Waals surface area contributed by atoms with Gasteiger partial charge in [0.15, 0.2) is 0 Å². The van der Waals surface area contributed by atoms with E-state index >= 15 is 0 Å². The van der Waals surface area contributed by atoms with Gasteiger partial charge in [-0.25, -0.2) is 0 Å². The monoisotopic (exact) mass is 295 g/mol. The van der Waals surface area contributed by atoms with E-state index < -0.39 is 0 Å². The van der Waals surface area contributed by atoms with Crippen LogP contribution in [0.4, 0.5) is 0 Å².